The molecule has 1 aliphatic carbocycles. The Labute approximate surface area is 202 Å². The molecule has 2 aromatic carbocycles. The van der Waals surface area contributed by atoms with E-state index < -0.39 is 21.9 Å². The van der Waals surface area contributed by atoms with E-state index in [1.54, 1.807) is 50.2 Å². The number of hydrogen-bond donors (Lipinski definition) is 2. The number of rotatable bonds is 9. The molecule has 0 aliphatic heterocycles. The molecule has 0 saturated heterocycles. The number of amides is 2. The molecule has 2 N–H and O–H groups in total. The molecule has 4 rings (SSSR count). The van der Waals surface area contributed by atoms with Gasteiger partial charge in [0.1, 0.15) is 23.8 Å². The number of carbonyl (C=O) groups is 2. The van der Waals surface area contributed by atoms with Crippen molar-refractivity contribution >= 4 is 27.6 Å². The van der Waals surface area contributed by atoms with Crippen LogP contribution in [0.15, 0.2) is 47.0 Å². The number of nitrogens with one attached hydrogen (secondary N) is 2. The quantitative estimate of drug-likeness (QED) is 0.428. The van der Waals surface area contributed by atoms with E-state index in [9.17, 15) is 18.0 Å². The summed E-state index contributed by atoms with van der Waals surface area (Å²) in [6.45, 7) is 3.67. The van der Waals surface area contributed by atoms with Crippen molar-refractivity contribution in [1.29, 1.82) is 0 Å². The molecule has 10 nitrogen and oxygen atoms in total. The molecule has 1 aliphatic rings. The Morgan fingerprint density at radius 1 is 1.09 bits per heavy atom. The lowest BCUT2D eigenvalue weighted by atomic mass is 10.1. The van der Waals surface area contributed by atoms with Crippen LogP contribution in [0.4, 0.5) is 5.69 Å². The molecular formula is C24H25N3O7S. The van der Waals surface area contributed by atoms with E-state index in [2.05, 4.69) is 15.8 Å². The van der Waals surface area contributed by atoms with Crippen LogP contribution < -0.4 is 19.6 Å². The number of nitrogens with zero attached hydrogens (tertiary/aromatic N) is 1. The van der Waals surface area contributed by atoms with Crippen LogP contribution in [0, 0.1) is 13.8 Å². The van der Waals surface area contributed by atoms with Gasteiger partial charge in [0.2, 0.25) is 0 Å². The summed E-state index contributed by atoms with van der Waals surface area (Å²) in [5, 5.41) is 9.36. The van der Waals surface area contributed by atoms with E-state index in [0.29, 0.717) is 28.3 Å². The molecule has 3 aromatic rings. The fraction of sp³-hybridized carbons (Fsp3) is 0.292. The molecule has 2 amide bonds. The van der Waals surface area contributed by atoms with Gasteiger partial charge in [-0.2, -0.15) is 8.42 Å². The van der Waals surface area contributed by atoms with Gasteiger partial charge in [-0.25, -0.2) is 0 Å². The van der Waals surface area contributed by atoms with Gasteiger partial charge in [-0.05, 0) is 62.6 Å². The summed E-state index contributed by atoms with van der Waals surface area (Å²) in [5.41, 5.74) is 1.60. The minimum Gasteiger partial charge on any atom is -0.487 e. The van der Waals surface area contributed by atoms with E-state index in [1.807, 2.05) is 0 Å². The maximum Gasteiger partial charge on any atom is 0.306 e. The van der Waals surface area contributed by atoms with E-state index >= 15 is 0 Å². The second-order valence-electron chi connectivity index (χ2n) is 8.37. The van der Waals surface area contributed by atoms with Crippen molar-refractivity contribution in [2.75, 3.05) is 11.6 Å². The summed E-state index contributed by atoms with van der Waals surface area (Å²) < 4.78 is 39.7. The van der Waals surface area contributed by atoms with Crippen molar-refractivity contribution in [1.82, 2.24) is 10.5 Å². The highest BCUT2D eigenvalue weighted by atomic mass is 32.2. The summed E-state index contributed by atoms with van der Waals surface area (Å²) in [6, 6.07) is 11.3. The number of aryl methyl sites for hydroxylation is 2. The van der Waals surface area contributed by atoms with Gasteiger partial charge in [-0.15, -0.1) is 0 Å². The maximum absolute atomic E-state index is 13.0. The molecule has 1 saturated carbocycles. The average molecular weight is 500 g/mol. The summed E-state index contributed by atoms with van der Waals surface area (Å²) in [7, 11) is -3.98. The molecule has 0 atom stereocenters. The third-order valence-electron chi connectivity index (χ3n) is 5.18. The average Bonchev–Trinajstić information content (AvgIpc) is 3.51. The first-order chi connectivity index (χ1) is 16.6. The zero-order valence-corrected chi connectivity index (χ0v) is 20.3. The fourth-order valence-corrected chi connectivity index (χ4v) is 3.75. The molecule has 0 radical (unpaired) electrons. The van der Waals surface area contributed by atoms with Crippen LogP contribution in [-0.4, -0.2) is 37.7 Å². The van der Waals surface area contributed by atoms with E-state index in [4.69, 9.17) is 13.4 Å². The Morgan fingerprint density at radius 2 is 1.80 bits per heavy atom. The Hall–Kier alpha value is -3.86. The lowest BCUT2D eigenvalue weighted by Gasteiger charge is -2.17. The lowest BCUT2D eigenvalue weighted by molar-refractivity contribution is 0.0948. The van der Waals surface area contributed by atoms with Crippen LogP contribution in [0.3, 0.4) is 0 Å². The topological polar surface area (TPSA) is 137 Å². The van der Waals surface area contributed by atoms with E-state index in [-0.39, 0.29) is 29.6 Å². The molecule has 35 heavy (non-hydrogen) atoms. The normalized spacial score (nSPS) is 13.2. The van der Waals surface area contributed by atoms with Crippen molar-refractivity contribution < 1.29 is 31.4 Å². The first-order valence-corrected chi connectivity index (χ1v) is 12.7. The smallest absolute Gasteiger partial charge is 0.306 e. The monoisotopic (exact) mass is 499 g/mol. The number of benzene rings is 2. The molecule has 1 fully saturated rings. The predicted molar refractivity (Wildman–Crippen MR) is 127 cm³/mol. The summed E-state index contributed by atoms with van der Waals surface area (Å²) in [4.78, 5) is 25.7. The lowest BCUT2D eigenvalue weighted by Crippen LogP contribution is -2.27. The van der Waals surface area contributed by atoms with Crippen molar-refractivity contribution in [3.63, 3.8) is 0 Å². The van der Waals surface area contributed by atoms with Crippen LogP contribution in [0.25, 0.3) is 0 Å². The summed E-state index contributed by atoms with van der Waals surface area (Å²) in [6.07, 6.45) is 2.60. The standard InChI is InChI=1S/C24H25N3O7S/c1-14-4-11-20(24(29)25-17-7-8-17)22(34-35(3,30)31)21(14)26-23(28)16-5-9-19(10-6-16)32-13-18-12-15(2)33-27-18/h4-6,9-12,17H,7-8,13H2,1-3H3,(H,25,29)(H,26,28). The molecule has 1 aromatic heterocycles. The van der Waals surface area contributed by atoms with Gasteiger partial charge in [0, 0.05) is 17.7 Å². The Kier molecular flexibility index (Phi) is 6.79. The molecular weight excluding hydrogens is 474 g/mol. The van der Waals surface area contributed by atoms with Crippen molar-refractivity contribution in [3.8, 4) is 11.5 Å². The third kappa shape index (κ3) is 6.38. The van der Waals surface area contributed by atoms with Crippen molar-refractivity contribution in [2.24, 2.45) is 0 Å². The fourth-order valence-electron chi connectivity index (χ4n) is 3.28. The third-order valence-corrected chi connectivity index (χ3v) is 5.65. The second-order valence-corrected chi connectivity index (χ2v) is 9.94. The van der Waals surface area contributed by atoms with Crippen LogP contribution in [0.1, 0.15) is 50.6 Å². The van der Waals surface area contributed by atoms with E-state index in [1.165, 1.54) is 6.07 Å². The highest BCUT2D eigenvalue weighted by Gasteiger charge is 2.28. The highest BCUT2D eigenvalue weighted by molar-refractivity contribution is 7.86. The number of ether oxygens (including phenoxy) is 1. The van der Waals surface area contributed by atoms with Gasteiger partial charge in [0.15, 0.2) is 5.75 Å². The Morgan fingerprint density at radius 3 is 2.40 bits per heavy atom. The van der Waals surface area contributed by atoms with E-state index in [0.717, 1.165) is 19.1 Å². The molecule has 0 bridgehead atoms. The zero-order valence-electron chi connectivity index (χ0n) is 19.5. The molecule has 0 spiro atoms. The first kappa shape index (κ1) is 24.3. The summed E-state index contributed by atoms with van der Waals surface area (Å²) in [5.74, 6) is 0.00893. The van der Waals surface area contributed by atoms with Crippen molar-refractivity contribution in [3.05, 3.63) is 70.6 Å². The maximum atomic E-state index is 13.0. The Balaban J connectivity index is 1.53. The molecule has 11 heteroatoms. The minimum atomic E-state index is -3.98. The van der Waals surface area contributed by atoms with Gasteiger partial charge >= 0.3 is 10.1 Å². The number of aromatic nitrogens is 1. The summed E-state index contributed by atoms with van der Waals surface area (Å²) >= 11 is 0. The van der Waals surface area contributed by atoms with Gasteiger partial charge in [0.25, 0.3) is 11.8 Å². The van der Waals surface area contributed by atoms with Gasteiger partial charge in [0.05, 0.1) is 17.5 Å². The van der Waals surface area contributed by atoms with Crippen LogP contribution in [-0.2, 0) is 16.7 Å². The van der Waals surface area contributed by atoms with Crippen LogP contribution >= 0.6 is 0 Å². The van der Waals surface area contributed by atoms with Crippen LogP contribution in [0.2, 0.25) is 0 Å². The van der Waals surface area contributed by atoms with Gasteiger partial charge in [-0.1, -0.05) is 11.2 Å². The first-order valence-electron chi connectivity index (χ1n) is 10.9. The highest BCUT2D eigenvalue weighted by Crippen LogP contribution is 2.35. The Bertz CT molecular complexity index is 1360. The number of carbonyl (C=O) groups excluding carboxylic acids is 2. The van der Waals surface area contributed by atoms with Gasteiger partial charge in [-0.3, -0.25) is 9.59 Å². The minimum absolute atomic E-state index is 0.0232. The van der Waals surface area contributed by atoms with Gasteiger partial charge < -0.3 is 24.1 Å². The molecule has 184 valence electrons. The molecule has 1 heterocycles. The number of anilines is 1. The zero-order chi connectivity index (χ0) is 25.2. The molecule has 0 unspecified atom stereocenters. The van der Waals surface area contributed by atoms with Crippen molar-refractivity contribution in [2.45, 2.75) is 39.3 Å². The largest absolute Gasteiger partial charge is 0.487 e. The predicted octanol–water partition coefficient (Wildman–Crippen LogP) is 3.35. The SMILES string of the molecule is Cc1cc(COc2ccc(C(=O)Nc3c(C)ccc(C(=O)NC4CC4)c3OS(C)(=O)=O)cc2)no1. The van der Waals surface area contributed by atoms with Crippen LogP contribution in [0.5, 0.6) is 11.5 Å². The second kappa shape index (κ2) is 9.79. The number of hydrogen-bond acceptors (Lipinski definition) is 8.